The van der Waals surface area contributed by atoms with Crippen LogP contribution < -0.4 is 10.6 Å². The molecule has 0 bridgehead atoms. The Balaban J connectivity index is 1.42. The second-order valence-corrected chi connectivity index (χ2v) is 11.5. The van der Waals surface area contributed by atoms with Gasteiger partial charge in [-0.15, -0.1) is 11.3 Å². The van der Waals surface area contributed by atoms with E-state index in [1.165, 1.54) is 5.56 Å². The lowest BCUT2D eigenvalue weighted by molar-refractivity contribution is 0.0139. The maximum atomic E-state index is 12.5. The molecule has 0 spiro atoms. The fourth-order valence-corrected chi connectivity index (χ4v) is 5.64. The highest BCUT2D eigenvalue weighted by molar-refractivity contribution is 7.17. The summed E-state index contributed by atoms with van der Waals surface area (Å²) in [6, 6.07) is 1.89. The molecule has 3 aromatic rings. The summed E-state index contributed by atoms with van der Waals surface area (Å²) in [5.74, 6) is 1.22. The molecule has 0 atom stereocenters. The Kier molecular flexibility index (Phi) is 7.19. The van der Waals surface area contributed by atoms with Crippen LogP contribution in [0.4, 0.5) is 16.6 Å². The highest BCUT2D eigenvalue weighted by atomic mass is 32.1. The first-order chi connectivity index (χ1) is 17.7. The van der Waals surface area contributed by atoms with Crippen molar-refractivity contribution in [1.29, 1.82) is 0 Å². The molecule has 1 amide bonds. The quantitative estimate of drug-likeness (QED) is 0.547. The normalized spacial score (nSPS) is 17.4. The number of aromatic nitrogens is 3. The zero-order valence-corrected chi connectivity index (χ0v) is 22.8. The van der Waals surface area contributed by atoms with Gasteiger partial charge in [-0.05, 0) is 44.7 Å². The van der Waals surface area contributed by atoms with Crippen molar-refractivity contribution in [3.05, 3.63) is 28.8 Å². The molecule has 0 unspecified atom stereocenters. The van der Waals surface area contributed by atoms with Gasteiger partial charge >= 0.3 is 6.09 Å². The van der Waals surface area contributed by atoms with E-state index in [9.17, 15) is 4.79 Å². The van der Waals surface area contributed by atoms with E-state index in [1.807, 2.05) is 40.0 Å². The number of ether oxygens (including phenoxy) is 2. The molecule has 198 valence electrons. The van der Waals surface area contributed by atoms with Crippen LogP contribution in [0.5, 0.6) is 0 Å². The van der Waals surface area contributed by atoms with E-state index in [4.69, 9.17) is 25.2 Å². The summed E-state index contributed by atoms with van der Waals surface area (Å²) >= 11 is 1.67. The average molecular weight is 526 g/mol. The maximum Gasteiger partial charge on any atom is 0.410 e. The number of hydrogen-bond donors (Lipinski definition) is 1. The number of rotatable bonds is 4. The molecular weight excluding hydrogens is 490 g/mol. The smallest absolute Gasteiger partial charge is 0.410 e. The third kappa shape index (κ3) is 5.78. The first-order valence-electron chi connectivity index (χ1n) is 12.7. The van der Waals surface area contributed by atoms with E-state index in [2.05, 4.69) is 20.2 Å². The van der Waals surface area contributed by atoms with Gasteiger partial charge in [-0.25, -0.2) is 19.7 Å². The maximum absolute atomic E-state index is 12.5. The zero-order valence-electron chi connectivity index (χ0n) is 22.0. The zero-order chi connectivity index (χ0) is 26.2. The third-order valence-corrected chi connectivity index (χ3v) is 7.60. The summed E-state index contributed by atoms with van der Waals surface area (Å²) in [5, 5.41) is 2.19. The van der Waals surface area contributed by atoms with Crippen LogP contribution in [-0.2, 0) is 16.0 Å². The molecule has 5 rings (SSSR count). The van der Waals surface area contributed by atoms with Gasteiger partial charge in [-0.1, -0.05) is 0 Å². The van der Waals surface area contributed by atoms with Crippen molar-refractivity contribution in [2.45, 2.75) is 39.8 Å². The number of pyridine rings is 1. The molecule has 0 radical (unpaired) electrons. The number of carbonyl (C=O) groups excluding carboxylic acids is 1. The number of hydrogen-bond acceptors (Lipinski definition) is 10. The van der Waals surface area contributed by atoms with Crippen molar-refractivity contribution in [3.63, 3.8) is 0 Å². The Bertz CT molecular complexity index is 1280. The molecule has 2 N–H and O–H groups in total. The fourth-order valence-electron chi connectivity index (χ4n) is 4.63. The van der Waals surface area contributed by atoms with Crippen molar-refractivity contribution >= 4 is 39.4 Å². The molecule has 0 saturated carbocycles. The van der Waals surface area contributed by atoms with E-state index in [1.54, 1.807) is 16.2 Å². The highest BCUT2D eigenvalue weighted by Crippen LogP contribution is 2.36. The van der Waals surface area contributed by atoms with Crippen LogP contribution >= 0.6 is 11.3 Å². The lowest BCUT2D eigenvalue weighted by Crippen LogP contribution is -2.49. The summed E-state index contributed by atoms with van der Waals surface area (Å²) < 4.78 is 12.2. The first-order valence-corrected chi connectivity index (χ1v) is 13.6. The van der Waals surface area contributed by atoms with Crippen LogP contribution in [0.3, 0.4) is 0 Å². The van der Waals surface area contributed by atoms with E-state index in [0.717, 1.165) is 65.7 Å². The molecule has 0 aromatic carbocycles. The highest BCUT2D eigenvalue weighted by Gasteiger charge is 2.27. The minimum absolute atomic E-state index is 0.242. The molecule has 0 aliphatic carbocycles. The number of amides is 1. The standard InChI is InChI=1S/C26H35N7O3S/c1-17-13-20(27)28-14-19(17)22-23-21(29-24(30-22)32-9-11-35-12-10-32)18(16-37-23)15-31-5-7-33(8-6-31)25(34)36-26(2,3)4/h13-14,16H,5-12,15H2,1-4H3,(H2,27,28). The van der Waals surface area contributed by atoms with Crippen LogP contribution in [0, 0.1) is 6.92 Å². The van der Waals surface area contributed by atoms with Gasteiger partial charge in [0.05, 0.1) is 29.1 Å². The first kappa shape index (κ1) is 25.6. The molecule has 3 aromatic heterocycles. The second-order valence-electron chi connectivity index (χ2n) is 10.6. The summed E-state index contributed by atoms with van der Waals surface area (Å²) in [6.07, 6.45) is 1.57. The molecule has 2 saturated heterocycles. The van der Waals surface area contributed by atoms with Crippen LogP contribution in [0.2, 0.25) is 0 Å². The van der Waals surface area contributed by atoms with Crippen LogP contribution in [0.1, 0.15) is 31.9 Å². The number of thiophene rings is 1. The molecule has 2 fully saturated rings. The van der Waals surface area contributed by atoms with Gasteiger partial charge in [0.2, 0.25) is 5.95 Å². The number of morpholine rings is 1. The Morgan fingerprint density at radius 3 is 2.54 bits per heavy atom. The molecule has 11 heteroatoms. The second kappa shape index (κ2) is 10.4. The monoisotopic (exact) mass is 525 g/mol. The summed E-state index contributed by atoms with van der Waals surface area (Å²) in [4.78, 5) is 33.2. The molecule has 10 nitrogen and oxygen atoms in total. The third-order valence-electron chi connectivity index (χ3n) is 6.58. The van der Waals surface area contributed by atoms with Gasteiger partial charge in [-0.3, -0.25) is 4.90 Å². The van der Waals surface area contributed by atoms with Crippen molar-refractivity contribution in [3.8, 4) is 11.3 Å². The Hall–Kier alpha value is -3.02. The number of nitrogen functional groups attached to an aromatic ring is 1. The number of nitrogens with two attached hydrogens (primary N) is 1. The van der Waals surface area contributed by atoms with Crippen molar-refractivity contribution in [1.82, 2.24) is 24.8 Å². The van der Waals surface area contributed by atoms with E-state index in [0.29, 0.717) is 32.1 Å². The molecule has 2 aliphatic rings. The number of nitrogens with zero attached hydrogens (tertiary/aromatic N) is 6. The van der Waals surface area contributed by atoms with Gasteiger partial charge < -0.3 is 25.0 Å². The van der Waals surface area contributed by atoms with Gasteiger partial charge in [0.15, 0.2) is 0 Å². The van der Waals surface area contributed by atoms with Crippen LogP contribution in [-0.4, -0.2) is 88.9 Å². The average Bonchev–Trinajstić information content (AvgIpc) is 3.26. The van der Waals surface area contributed by atoms with Crippen LogP contribution in [0.15, 0.2) is 17.6 Å². The molecule has 2 aliphatic heterocycles. The number of anilines is 2. The summed E-state index contributed by atoms with van der Waals surface area (Å²) in [6.45, 7) is 14.2. The van der Waals surface area contributed by atoms with E-state index in [-0.39, 0.29) is 6.09 Å². The molecule has 5 heterocycles. The van der Waals surface area contributed by atoms with Crippen molar-refractivity contribution < 1.29 is 14.3 Å². The van der Waals surface area contributed by atoms with Crippen LogP contribution in [0.25, 0.3) is 21.5 Å². The summed E-state index contributed by atoms with van der Waals surface area (Å²) in [5.41, 5.74) is 10.5. The lowest BCUT2D eigenvalue weighted by Gasteiger charge is -2.35. The molecule has 37 heavy (non-hydrogen) atoms. The largest absolute Gasteiger partial charge is 0.444 e. The minimum atomic E-state index is -0.488. The Labute approximate surface area is 221 Å². The lowest BCUT2D eigenvalue weighted by atomic mass is 10.1. The van der Waals surface area contributed by atoms with Gasteiger partial charge in [0.1, 0.15) is 11.4 Å². The van der Waals surface area contributed by atoms with Crippen molar-refractivity contribution in [2.24, 2.45) is 0 Å². The van der Waals surface area contributed by atoms with E-state index >= 15 is 0 Å². The number of fused-ring (bicyclic) bond motifs is 1. The summed E-state index contributed by atoms with van der Waals surface area (Å²) in [7, 11) is 0. The van der Waals surface area contributed by atoms with Crippen molar-refractivity contribution in [2.75, 3.05) is 63.1 Å². The topological polar surface area (TPSA) is 110 Å². The van der Waals surface area contributed by atoms with Gasteiger partial charge in [0.25, 0.3) is 0 Å². The Morgan fingerprint density at radius 1 is 1.14 bits per heavy atom. The number of carbonyl (C=O) groups is 1. The van der Waals surface area contributed by atoms with Gasteiger partial charge in [0, 0.05) is 63.1 Å². The predicted octanol–water partition coefficient (Wildman–Crippen LogP) is 3.53. The Morgan fingerprint density at radius 2 is 1.86 bits per heavy atom. The number of piperazine rings is 1. The number of aryl methyl sites for hydroxylation is 1. The van der Waals surface area contributed by atoms with Gasteiger partial charge in [-0.2, -0.15) is 0 Å². The SMILES string of the molecule is Cc1cc(N)ncc1-c1nc(N2CCOCC2)nc2c(CN3CCN(C(=O)OC(C)(C)C)CC3)csc12. The minimum Gasteiger partial charge on any atom is -0.444 e. The van der Waals surface area contributed by atoms with E-state index < -0.39 is 5.60 Å². The predicted molar refractivity (Wildman–Crippen MR) is 146 cm³/mol. The fraction of sp³-hybridized carbons (Fsp3) is 0.538. The molecular formula is C26H35N7O3S.